The number of benzene rings is 2. The van der Waals surface area contributed by atoms with Gasteiger partial charge in [0, 0.05) is 31.3 Å². The lowest BCUT2D eigenvalue weighted by Gasteiger charge is -2.27. The molecule has 3 heterocycles. The molecule has 7 nitrogen and oxygen atoms in total. The lowest BCUT2D eigenvalue weighted by Crippen LogP contribution is -2.28. The summed E-state index contributed by atoms with van der Waals surface area (Å²) < 4.78 is 44.8. The highest BCUT2D eigenvalue weighted by Gasteiger charge is 2.23. The van der Waals surface area contributed by atoms with E-state index in [1.165, 1.54) is 23.1 Å². The molecule has 0 spiro atoms. The van der Waals surface area contributed by atoms with Crippen LogP contribution >= 0.6 is 0 Å². The second-order valence-electron chi connectivity index (χ2n) is 7.35. The van der Waals surface area contributed by atoms with Crippen LogP contribution in [0, 0.1) is 24.4 Å². The molecular formula is C21H18F3N7. The first-order valence-electron chi connectivity index (χ1n) is 9.81. The highest BCUT2D eigenvalue weighted by Crippen LogP contribution is 2.29. The van der Waals surface area contributed by atoms with Gasteiger partial charge in [0.2, 0.25) is 5.95 Å². The van der Waals surface area contributed by atoms with E-state index >= 15 is 0 Å². The van der Waals surface area contributed by atoms with E-state index in [1.807, 2.05) is 0 Å². The SMILES string of the molecule is Cc1ncn(-c2ccc(Cc3nc4n(n3)CCCN4c3ccc(F)c(F)c3)cc2F)n1. The van der Waals surface area contributed by atoms with Gasteiger partial charge in [0.25, 0.3) is 0 Å². The molecule has 0 unspecified atom stereocenters. The molecular weight excluding hydrogens is 407 g/mol. The molecule has 2 aromatic carbocycles. The molecule has 0 fully saturated rings. The zero-order valence-electron chi connectivity index (χ0n) is 16.6. The van der Waals surface area contributed by atoms with Gasteiger partial charge in [-0.25, -0.2) is 27.5 Å². The molecule has 0 N–H and O–H groups in total. The van der Waals surface area contributed by atoms with Crippen molar-refractivity contribution in [1.29, 1.82) is 0 Å². The fourth-order valence-corrected chi connectivity index (χ4v) is 3.67. The Morgan fingerprint density at radius 2 is 1.81 bits per heavy atom. The largest absolute Gasteiger partial charge is 0.311 e. The summed E-state index contributed by atoms with van der Waals surface area (Å²) in [7, 11) is 0. The minimum atomic E-state index is -0.910. The van der Waals surface area contributed by atoms with Gasteiger partial charge in [-0.1, -0.05) is 6.07 Å². The number of nitrogens with zero attached hydrogens (tertiary/aromatic N) is 7. The third-order valence-electron chi connectivity index (χ3n) is 5.13. The van der Waals surface area contributed by atoms with Crippen LogP contribution in [0.3, 0.4) is 0 Å². The standard InChI is InChI=1S/C21H18F3N7/c1-13-25-12-31(27-13)19-6-3-14(9-18(19)24)10-20-26-21-29(7-2-8-30(21)28-20)15-4-5-16(22)17(23)11-15/h3-6,9,11-12H,2,7-8,10H2,1H3. The third kappa shape index (κ3) is 3.65. The van der Waals surface area contributed by atoms with Crippen molar-refractivity contribution < 1.29 is 13.2 Å². The van der Waals surface area contributed by atoms with E-state index in [9.17, 15) is 13.2 Å². The van der Waals surface area contributed by atoms with E-state index in [1.54, 1.807) is 28.6 Å². The molecule has 1 aliphatic rings. The number of aryl methyl sites for hydroxylation is 2. The maximum Gasteiger partial charge on any atom is 0.228 e. The van der Waals surface area contributed by atoms with E-state index in [0.717, 1.165) is 18.6 Å². The van der Waals surface area contributed by atoms with Crippen LogP contribution in [-0.4, -0.2) is 36.1 Å². The van der Waals surface area contributed by atoms with Crippen molar-refractivity contribution >= 4 is 11.6 Å². The van der Waals surface area contributed by atoms with Crippen LogP contribution in [-0.2, 0) is 13.0 Å². The van der Waals surface area contributed by atoms with Gasteiger partial charge in [0.05, 0.1) is 0 Å². The number of anilines is 2. The van der Waals surface area contributed by atoms with Crippen molar-refractivity contribution in [2.45, 2.75) is 26.3 Å². The van der Waals surface area contributed by atoms with E-state index in [-0.39, 0.29) is 0 Å². The first-order chi connectivity index (χ1) is 15.0. The maximum atomic E-state index is 14.6. The Hall–Kier alpha value is -3.69. The highest BCUT2D eigenvalue weighted by molar-refractivity contribution is 5.58. The van der Waals surface area contributed by atoms with Gasteiger partial charge in [-0.3, -0.25) is 0 Å². The van der Waals surface area contributed by atoms with E-state index in [0.29, 0.717) is 54.0 Å². The minimum Gasteiger partial charge on any atom is -0.311 e. The molecule has 0 aliphatic carbocycles. The van der Waals surface area contributed by atoms with E-state index in [2.05, 4.69) is 20.2 Å². The molecule has 0 saturated carbocycles. The first kappa shape index (κ1) is 19.3. The van der Waals surface area contributed by atoms with E-state index < -0.39 is 17.5 Å². The Balaban J connectivity index is 1.41. The van der Waals surface area contributed by atoms with Gasteiger partial charge >= 0.3 is 0 Å². The highest BCUT2D eigenvalue weighted by atomic mass is 19.2. The van der Waals surface area contributed by atoms with Gasteiger partial charge in [-0.05, 0) is 43.2 Å². The predicted molar refractivity (Wildman–Crippen MR) is 107 cm³/mol. The summed E-state index contributed by atoms with van der Waals surface area (Å²) >= 11 is 0. The first-order valence-corrected chi connectivity index (χ1v) is 9.81. The van der Waals surface area contributed by atoms with Crippen molar-refractivity contribution in [3.05, 3.63) is 77.4 Å². The maximum absolute atomic E-state index is 14.6. The van der Waals surface area contributed by atoms with Crippen molar-refractivity contribution in [3.63, 3.8) is 0 Å². The number of halogens is 3. The van der Waals surface area contributed by atoms with Crippen LogP contribution in [0.5, 0.6) is 0 Å². The Morgan fingerprint density at radius 1 is 0.935 bits per heavy atom. The molecule has 10 heteroatoms. The molecule has 31 heavy (non-hydrogen) atoms. The van der Waals surface area contributed by atoms with Crippen molar-refractivity contribution in [2.75, 3.05) is 11.4 Å². The summed E-state index contributed by atoms with van der Waals surface area (Å²) in [5.41, 5.74) is 1.53. The smallest absolute Gasteiger partial charge is 0.228 e. The number of rotatable bonds is 4. The molecule has 4 aromatic rings. The number of fused-ring (bicyclic) bond motifs is 1. The Morgan fingerprint density at radius 3 is 2.55 bits per heavy atom. The topological polar surface area (TPSA) is 64.7 Å². The van der Waals surface area contributed by atoms with E-state index in [4.69, 9.17) is 0 Å². The lowest BCUT2D eigenvalue weighted by atomic mass is 10.1. The summed E-state index contributed by atoms with van der Waals surface area (Å²) in [4.78, 5) is 10.4. The summed E-state index contributed by atoms with van der Waals surface area (Å²) in [6.45, 7) is 3.02. The lowest BCUT2D eigenvalue weighted by molar-refractivity contribution is 0.506. The molecule has 2 aromatic heterocycles. The van der Waals surface area contributed by atoms with Crippen LogP contribution in [0.4, 0.5) is 24.8 Å². The molecule has 158 valence electrons. The fraction of sp³-hybridized carbons (Fsp3) is 0.238. The Kier molecular flexibility index (Phi) is 4.68. The third-order valence-corrected chi connectivity index (χ3v) is 5.13. The summed E-state index contributed by atoms with van der Waals surface area (Å²) in [5.74, 6) is -0.589. The summed E-state index contributed by atoms with van der Waals surface area (Å²) in [6, 6.07) is 8.63. The number of hydrogen-bond donors (Lipinski definition) is 0. The zero-order chi connectivity index (χ0) is 21.5. The Bertz CT molecular complexity index is 1260. The molecule has 0 bridgehead atoms. The second kappa shape index (κ2) is 7.53. The molecule has 1 aliphatic heterocycles. The van der Waals surface area contributed by atoms with Gasteiger partial charge in [-0.15, -0.1) is 0 Å². The summed E-state index contributed by atoms with van der Waals surface area (Å²) in [5, 5.41) is 8.65. The quantitative estimate of drug-likeness (QED) is 0.499. The van der Waals surface area contributed by atoms with Crippen LogP contribution in [0.25, 0.3) is 5.69 Å². The van der Waals surface area contributed by atoms with Crippen LogP contribution in [0.2, 0.25) is 0 Å². The number of hydrogen-bond acceptors (Lipinski definition) is 5. The molecule has 0 radical (unpaired) electrons. The van der Waals surface area contributed by atoms with Crippen molar-refractivity contribution in [1.82, 2.24) is 29.5 Å². The van der Waals surface area contributed by atoms with Crippen LogP contribution in [0.15, 0.2) is 42.7 Å². The monoisotopic (exact) mass is 425 g/mol. The van der Waals surface area contributed by atoms with Crippen molar-refractivity contribution in [2.24, 2.45) is 0 Å². The normalized spacial score (nSPS) is 13.5. The van der Waals surface area contributed by atoms with Gasteiger partial charge in [0.15, 0.2) is 17.5 Å². The fourth-order valence-electron chi connectivity index (χ4n) is 3.67. The predicted octanol–water partition coefficient (Wildman–Crippen LogP) is 3.72. The number of aromatic nitrogens is 6. The Labute approximate surface area is 175 Å². The average Bonchev–Trinajstić information content (AvgIpc) is 3.35. The van der Waals surface area contributed by atoms with Crippen LogP contribution in [0.1, 0.15) is 23.6 Å². The molecule has 5 rings (SSSR count). The van der Waals surface area contributed by atoms with Crippen LogP contribution < -0.4 is 4.90 Å². The average molecular weight is 425 g/mol. The molecule has 0 atom stereocenters. The minimum absolute atomic E-state index is 0.311. The second-order valence-corrected chi connectivity index (χ2v) is 7.35. The van der Waals surface area contributed by atoms with Crippen molar-refractivity contribution in [3.8, 4) is 5.69 Å². The molecule has 0 amide bonds. The van der Waals surface area contributed by atoms with Gasteiger partial charge in [0.1, 0.15) is 23.7 Å². The summed E-state index contributed by atoms with van der Waals surface area (Å²) in [6.07, 6.45) is 2.58. The van der Waals surface area contributed by atoms with Gasteiger partial charge in [-0.2, -0.15) is 15.2 Å². The zero-order valence-corrected chi connectivity index (χ0v) is 16.6. The molecule has 0 saturated heterocycles. The van der Waals surface area contributed by atoms with Gasteiger partial charge < -0.3 is 4.90 Å².